The first-order valence-corrected chi connectivity index (χ1v) is 9.22. The fraction of sp³-hybridized carbons (Fsp3) is 0.286. The largest absolute Gasteiger partial charge is 0.496 e. The van der Waals surface area contributed by atoms with Crippen LogP contribution in [0.25, 0.3) is 17.5 Å². The summed E-state index contributed by atoms with van der Waals surface area (Å²) < 4.78 is 16.1. The van der Waals surface area contributed by atoms with Crippen LogP contribution in [0.4, 0.5) is 0 Å². The molecule has 0 bridgehead atoms. The van der Waals surface area contributed by atoms with Crippen LogP contribution in [-0.4, -0.2) is 41.1 Å². The van der Waals surface area contributed by atoms with Crippen LogP contribution in [0, 0.1) is 0 Å². The Morgan fingerprint density at radius 2 is 2.18 bits per heavy atom. The number of carbonyl (C=O) groups is 1. The van der Waals surface area contributed by atoms with Gasteiger partial charge in [-0.1, -0.05) is 17.3 Å². The smallest absolute Gasteiger partial charge is 0.261 e. The standard InChI is InChI=1S/C21H21N3O4/c1-26-18-9-3-2-8-17(18)21-22-20(23-28-21)15-6-4-12-24(14-15)19(25)11-10-16-7-5-13-27-16/h2-3,5,7-11,13,15H,4,6,12,14H2,1H3/b11-10+/t15-/m1/s1. The molecule has 4 rings (SSSR count). The predicted octanol–water partition coefficient (Wildman–Crippen LogP) is 3.76. The summed E-state index contributed by atoms with van der Waals surface area (Å²) in [6, 6.07) is 11.1. The fourth-order valence-electron chi connectivity index (χ4n) is 3.36. The molecule has 7 nitrogen and oxygen atoms in total. The molecular weight excluding hydrogens is 358 g/mol. The Morgan fingerprint density at radius 1 is 1.29 bits per heavy atom. The normalized spacial score (nSPS) is 17.2. The Balaban J connectivity index is 1.46. The minimum Gasteiger partial charge on any atom is -0.496 e. The van der Waals surface area contributed by atoms with Gasteiger partial charge in [0.05, 0.1) is 18.9 Å². The molecule has 0 N–H and O–H groups in total. The number of benzene rings is 1. The lowest BCUT2D eigenvalue weighted by Gasteiger charge is -2.30. The number of piperidine rings is 1. The first-order valence-electron chi connectivity index (χ1n) is 9.22. The van der Waals surface area contributed by atoms with E-state index >= 15 is 0 Å². The number of para-hydroxylation sites is 1. The molecule has 3 aromatic rings. The van der Waals surface area contributed by atoms with Crippen molar-refractivity contribution < 1.29 is 18.5 Å². The van der Waals surface area contributed by atoms with Crippen LogP contribution in [-0.2, 0) is 4.79 Å². The number of hydrogen-bond donors (Lipinski definition) is 0. The van der Waals surface area contributed by atoms with Gasteiger partial charge in [-0.15, -0.1) is 0 Å². The van der Waals surface area contributed by atoms with Gasteiger partial charge in [-0.3, -0.25) is 4.79 Å². The molecule has 2 aromatic heterocycles. The molecule has 3 heterocycles. The van der Waals surface area contributed by atoms with E-state index in [0.717, 1.165) is 24.9 Å². The summed E-state index contributed by atoms with van der Waals surface area (Å²) in [5.41, 5.74) is 0.758. The van der Waals surface area contributed by atoms with Gasteiger partial charge in [0, 0.05) is 25.1 Å². The SMILES string of the molecule is COc1ccccc1-c1nc([C@@H]2CCCN(C(=O)/C=C/c3ccco3)C2)no1. The molecule has 28 heavy (non-hydrogen) atoms. The number of likely N-dealkylation sites (tertiary alicyclic amines) is 1. The van der Waals surface area contributed by atoms with Gasteiger partial charge in [0.1, 0.15) is 11.5 Å². The average molecular weight is 379 g/mol. The van der Waals surface area contributed by atoms with E-state index in [2.05, 4.69) is 10.1 Å². The minimum absolute atomic E-state index is 0.0434. The van der Waals surface area contributed by atoms with Gasteiger partial charge >= 0.3 is 0 Å². The Hall–Kier alpha value is -3.35. The topological polar surface area (TPSA) is 81.6 Å². The maximum atomic E-state index is 12.5. The highest BCUT2D eigenvalue weighted by atomic mass is 16.5. The van der Waals surface area contributed by atoms with Gasteiger partial charge in [0.2, 0.25) is 5.91 Å². The van der Waals surface area contributed by atoms with Crippen molar-refractivity contribution in [3.63, 3.8) is 0 Å². The number of furan rings is 1. The van der Waals surface area contributed by atoms with E-state index in [1.807, 2.05) is 35.2 Å². The molecule has 1 saturated heterocycles. The Kier molecular flexibility index (Phi) is 5.23. The zero-order valence-corrected chi connectivity index (χ0v) is 15.6. The second kappa shape index (κ2) is 8.12. The van der Waals surface area contributed by atoms with Gasteiger partial charge < -0.3 is 18.6 Å². The molecule has 0 spiro atoms. The summed E-state index contributed by atoms with van der Waals surface area (Å²) in [6.07, 6.45) is 6.61. The second-order valence-electron chi connectivity index (χ2n) is 6.63. The third kappa shape index (κ3) is 3.83. The first kappa shape index (κ1) is 18.0. The van der Waals surface area contributed by atoms with E-state index in [9.17, 15) is 4.79 Å². The Bertz CT molecular complexity index is 962. The zero-order valence-electron chi connectivity index (χ0n) is 15.6. The van der Waals surface area contributed by atoms with Crippen molar-refractivity contribution in [2.75, 3.05) is 20.2 Å². The molecule has 1 atom stereocenters. The fourth-order valence-corrected chi connectivity index (χ4v) is 3.36. The molecule has 0 aliphatic carbocycles. The van der Waals surface area contributed by atoms with Crippen LogP contribution in [0.3, 0.4) is 0 Å². The monoisotopic (exact) mass is 379 g/mol. The lowest BCUT2D eigenvalue weighted by atomic mass is 9.97. The number of nitrogens with zero attached hydrogens (tertiary/aromatic N) is 3. The molecule has 1 aromatic carbocycles. The third-order valence-corrected chi connectivity index (χ3v) is 4.81. The number of hydrogen-bond acceptors (Lipinski definition) is 6. The molecule has 0 radical (unpaired) electrons. The predicted molar refractivity (Wildman–Crippen MR) is 103 cm³/mol. The van der Waals surface area contributed by atoms with E-state index in [4.69, 9.17) is 13.7 Å². The first-order chi connectivity index (χ1) is 13.7. The average Bonchev–Trinajstić information content (AvgIpc) is 3.44. The van der Waals surface area contributed by atoms with Crippen molar-refractivity contribution in [2.45, 2.75) is 18.8 Å². The molecule has 0 unspecified atom stereocenters. The number of methoxy groups -OCH3 is 1. The summed E-state index contributed by atoms with van der Waals surface area (Å²) in [5.74, 6) is 2.38. The highest BCUT2D eigenvalue weighted by Gasteiger charge is 2.27. The molecule has 1 amide bonds. The van der Waals surface area contributed by atoms with Crippen LogP contribution in [0.1, 0.15) is 30.3 Å². The van der Waals surface area contributed by atoms with E-state index in [0.29, 0.717) is 29.8 Å². The maximum Gasteiger partial charge on any atom is 0.261 e. The lowest BCUT2D eigenvalue weighted by molar-refractivity contribution is -0.127. The summed E-state index contributed by atoms with van der Waals surface area (Å²) in [5, 5.41) is 4.16. The van der Waals surface area contributed by atoms with Crippen molar-refractivity contribution in [2.24, 2.45) is 0 Å². The van der Waals surface area contributed by atoms with Crippen LogP contribution in [0.2, 0.25) is 0 Å². The van der Waals surface area contributed by atoms with Crippen LogP contribution in [0.5, 0.6) is 5.75 Å². The van der Waals surface area contributed by atoms with Gasteiger partial charge in [-0.2, -0.15) is 4.98 Å². The van der Waals surface area contributed by atoms with E-state index < -0.39 is 0 Å². The van der Waals surface area contributed by atoms with Gasteiger partial charge in [0.25, 0.3) is 5.89 Å². The number of aromatic nitrogens is 2. The van der Waals surface area contributed by atoms with E-state index in [1.165, 1.54) is 6.08 Å². The number of amides is 1. The molecule has 144 valence electrons. The van der Waals surface area contributed by atoms with Crippen molar-refractivity contribution in [1.29, 1.82) is 0 Å². The minimum atomic E-state index is -0.0467. The number of rotatable bonds is 5. The molecule has 0 saturated carbocycles. The summed E-state index contributed by atoms with van der Waals surface area (Å²) in [6.45, 7) is 1.28. The van der Waals surface area contributed by atoms with Crippen LogP contribution < -0.4 is 4.74 Å². The van der Waals surface area contributed by atoms with Gasteiger partial charge in [-0.25, -0.2) is 0 Å². The van der Waals surface area contributed by atoms with Crippen molar-refractivity contribution >= 4 is 12.0 Å². The lowest BCUT2D eigenvalue weighted by Crippen LogP contribution is -2.38. The quantitative estimate of drug-likeness (QED) is 0.628. The summed E-state index contributed by atoms with van der Waals surface area (Å²) >= 11 is 0. The summed E-state index contributed by atoms with van der Waals surface area (Å²) in [4.78, 5) is 18.9. The van der Waals surface area contributed by atoms with Crippen LogP contribution in [0.15, 0.2) is 57.7 Å². The molecule has 1 aliphatic heterocycles. The molecule has 1 aliphatic rings. The summed E-state index contributed by atoms with van der Waals surface area (Å²) in [7, 11) is 1.61. The van der Waals surface area contributed by atoms with Crippen molar-refractivity contribution in [3.8, 4) is 17.2 Å². The third-order valence-electron chi connectivity index (χ3n) is 4.81. The number of ether oxygens (including phenoxy) is 1. The molecule has 7 heteroatoms. The van der Waals surface area contributed by atoms with Crippen molar-refractivity contribution in [1.82, 2.24) is 15.0 Å². The van der Waals surface area contributed by atoms with E-state index in [1.54, 1.807) is 25.5 Å². The number of carbonyl (C=O) groups excluding carboxylic acids is 1. The van der Waals surface area contributed by atoms with Gasteiger partial charge in [-0.05, 0) is 43.2 Å². The van der Waals surface area contributed by atoms with Crippen LogP contribution >= 0.6 is 0 Å². The van der Waals surface area contributed by atoms with E-state index in [-0.39, 0.29) is 11.8 Å². The Labute approximate surface area is 162 Å². The zero-order chi connectivity index (χ0) is 19.3. The van der Waals surface area contributed by atoms with Gasteiger partial charge in [0.15, 0.2) is 5.82 Å². The maximum absolute atomic E-state index is 12.5. The highest BCUT2D eigenvalue weighted by molar-refractivity contribution is 5.91. The molecular formula is C21H21N3O4. The highest BCUT2D eigenvalue weighted by Crippen LogP contribution is 2.31. The molecule has 1 fully saturated rings. The second-order valence-corrected chi connectivity index (χ2v) is 6.63. The Morgan fingerprint density at radius 3 is 3.00 bits per heavy atom. The van der Waals surface area contributed by atoms with Crippen molar-refractivity contribution in [3.05, 3.63) is 60.3 Å².